The first-order valence-corrected chi connectivity index (χ1v) is 17.8. The fourth-order valence-electron chi connectivity index (χ4n) is 8.66. The van der Waals surface area contributed by atoms with Gasteiger partial charge in [-0.05, 0) is 63.6 Å². The third-order valence-electron chi connectivity index (χ3n) is 11.0. The third kappa shape index (κ3) is 4.71. The molecule has 4 aliphatic heterocycles. The fraction of sp³-hybridized carbons (Fsp3) is 0.576. The number of hydrogen-bond donors (Lipinski definition) is 1. The van der Waals surface area contributed by atoms with Crippen molar-refractivity contribution in [1.29, 1.82) is 5.26 Å². The van der Waals surface area contributed by atoms with Crippen molar-refractivity contribution in [2.24, 2.45) is 0 Å². The molecule has 0 radical (unpaired) electrons. The lowest BCUT2D eigenvalue weighted by molar-refractivity contribution is 0.0821. The molecule has 1 amide bonds. The van der Waals surface area contributed by atoms with Crippen LogP contribution in [0.2, 0.25) is 5.02 Å². The Morgan fingerprint density at radius 2 is 1.85 bits per heavy atom. The van der Waals surface area contributed by atoms with Crippen LogP contribution in [-0.2, 0) is 24.9 Å². The van der Waals surface area contributed by atoms with Gasteiger partial charge in [-0.15, -0.1) is 11.3 Å². The van der Waals surface area contributed by atoms with Crippen LogP contribution in [0, 0.1) is 17.9 Å². The molecule has 0 aromatic carbocycles. The van der Waals surface area contributed by atoms with Crippen molar-refractivity contribution >= 4 is 51.2 Å². The molecule has 0 atom stereocenters. The normalized spacial score (nSPS) is 20.4. The molecule has 0 saturated carbocycles. The molecule has 15 heteroatoms. The highest BCUT2D eigenvalue weighted by molar-refractivity contribution is 7.16. The molecule has 7 heterocycles. The third-order valence-corrected chi connectivity index (χ3v) is 12.5. The van der Waals surface area contributed by atoms with E-state index in [1.165, 1.54) is 21.1 Å². The summed E-state index contributed by atoms with van der Waals surface area (Å²) < 4.78 is 8.32. The van der Waals surface area contributed by atoms with E-state index in [2.05, 4.69) is 25.8 Å². The summed E-state index contributed by atoms with van der Waals surface area (Å²) in [5.74, 6) is 0.786. The van der Waals surface area contributed by atoms with Crippen LogP contribution in [0.5, 0.6) is 6.01 Å². The smallest absolute Gasteiger partial charge is 0.317 e. The Morgan fingerprint density at radius 3 is 2.54 bits per heavy atom. The van der Waals surface area contributed by atoms with E-state index in [0.29, 0.717) is 77.9 Å². The minimum Gasteiger partial charge on any atom is -0.461 e. The first-order valence-electron chi connectivity index (χ1n) is 16.6. The number of carbonyl (C=O) groups is 1. The number of carbonyl (C=O) groups excluding carboxylic acids is 1. The van der Waals surface area contributed by atoms with Gasteiger partial charge in [0.05, 0.1) is 34.9 Å². The molecular weight excluding hydrogens is 650 g/mol. The van der Waals surface area contributed by atoms with Gasteiger partial charge in [-0.1, -0.05) is 11.6 Å². The molecular formula is C33H38ClN11O2S. The maximum Gasteiger partial charge on any atom is 0.317 e. The number of rotatable bonds is 6. The largest absolute Gasteiger partial charge is 0.461 e. The summed E-state index contributed by atoms with van der Waals surface area (Å²) >= 11 is 8.34. The number of halogens is 1. The molecule has 1 aliphatic carbocycles. The van der Waals surface area contributed by atoms with Gasteiger partial charge in [-0.2, -0.15) is 20.3 Å². The second-order valence-electron chi connectivity index (χ2n) is 14.0. The average Bonchev–Trinajstić information content (AvgIpc) is 3.83. The Morgan fingerprint density at radius 1 is 1.12 bits per heavy atom. The summed E-state index contributed by atoms with van der Waals surface area (Å²) in [7, 11) is 3.36. The van der Waals surface area contributed by atoms with Gasteiger partial charge < -0.3 is 25.2 Å². The van der Waals surface area contributed by atoms with Crippen LogP contribution in [0.1, 0.15) is 70.7 Å². The lowest BCUT2D eigenvalue weighted by Gasteiger charge is -2.50. The highest BCUT2D eigenvalue weighted by atomic mass is 35.5. The summed E-state index contributed by atoms with van der Waals surface area (Å²) in [5, 5.41) is 15.4. The van der Waals surface area contributed by atoms with E-state index < -0.39 is 0 Å². The zero-order valence-electron chi connectivity index (χ0n) is 27.3. The molecule has 0 unspecified atom stereocenters. The van der Waals surface area contributed by atoms with Crippen molar-refractivity contribution in [1.82, 2.24) is 29.5 Å². The lowest BCUT2D eigenvalue weighted by atomic mass is 9.74. The summed E-state index contributed by atoms with van der Waals surface area (Å²) in [6.07, 6.45) is 7.07. The Kier molecular flexibility index (Phi) is 7.47. The Balaban J connectivity index is 1.16. The topological polar surface area (TPSA) is 137 Å². The minimum atomic E-state index is -0.255. The van der Waals surface area contributed by atoms with Gasteiger partial charge in [0, 0.05) is 50.6 Å². The molecule has 13 nitrogen and oxygen atoms in total. The van der Waals surface area contributed by atoms with Crippen LogP contribution in [0.3, 0.4) is 0 Å². The highest BCUT2D eigenvalue weighted by Crippen LogP contribution is 2.54. The molecule has 5 aliphatic rings. The van der Waals surface area contributed by atoms with Crippen molar-refractivity contribution in [2.75, 3.05) is 69.0 Å². The van der Waals surface area contributed by atoms with Gasteiger partial charge in [0.1, 0.15) is 29.3 Å². The van der Waals surface area contributed by atoms with Crippen molar-refractivity contribution in [3.63, 3.8) is 0 Å². The van der Waals surface area contributed by atoms with Crippen molar-refractivity contribution in [3.05, 3.63) is 43.8 Å². The minimum absolute atomic E-state index is 0.00774. The number of anilines is 3. The average molecular weight is 688 g/mol. The van der Waals surface area contributed by atoms with Gasteiger partial charge >= 0.3 is 6.01 Å². The molecule has 3 aromatic rings. The van der Waals surface area contributed by atoms with Crippen LogP contribution in [0.15, 0.2) is 0 Å². The fourth-order valence-corrected chi connectivity index (χ4v) is 10.1. The lowest BCUT2D eigenvalue weighted by Crippen LogP contribution is -2.59. The Labute approximate surface area is 288 Å². The monoisotopic (exact) mass is 687 g/mol. The van der Waals surface area contributed by atoms with Gasteiger partial charge in [-0.25, -0.2) is 4.85 Å². The number of aromatic nitrogens is 4. The molecule has 250 valence electrons. The number of hydrogen-bond acceptors (Lipinski definition) is 11. The molecule has 3 fully saturated rings. The Hall–Kier alpha value is -4.11. The predicted molar refractivity (Wildman–Crippen MR) is 183 cm³/mol. The number of nitriles is 1. The van der Waals surface area contributed by atoms with E-state index in [9.17, 15) is 10.1 Å². The number of aryl methyl sites for hydroxylation is 2. The second-order valence-corrected chi connectivity index (χ2v) is 15.5. The van der Waals surface area contributed by atoms with Crippen LogP contribution >= 0.6 is 22.9 Å². The van der Waals surface area contributed by atoms with Crippen molar-refractivity contribution in [3.8, 4) is 12.1 Å². The standard InChI is InChI=1S/C33H38ClN11O2S/c1-37-26-28(42-11-6-14-45-21(16-42)24(34)25(40-45)30(46)41(2)3)38-31(47-19-33-8-4-12-44(33)13-5-9-33)39-29(26)43-17-32(18-43)10-7-22-23(32)20(15-35)27(36)48-22/h4-14,16-19,36H2,2-3H3. The zero-order valence-corrected chi connectivity index (χ0v) is 28.8. The second kappa shape index (κ2) is 11.5. The summed E-state index contributed by atoms with van der Waals surface area (Å²) in [4.78, 5) is 36.2. The molecule has 0 bridgehead atoms. The summed E-state index contributed by atoms with van der Waals surface area (Å²) in [5.41, 5.74) is 9.04. The van der Waals surface area contributed by atoms with Crippen LogP contribution < -0.4 is 20.3 Å². The van der Waals surface area contributed by atoms with Gasteiger partial charge in [-0.3, -0.25) is 14.4 Å². The number of fused-ring (bicyclic) bond motifs is 4. The molecule has 8 rings (SSSR count). The summed E-state index contributed by atoms with van der Waals surface area (Å²) in [6.45, 7) is 13.8. The maximum atomic E-state index is 12.9. The number of amides is 1. The molecule has 1 spiro atoms. The zero-order chi connectivity index (χ0) is 33.4. The quantitative estimate of drug-likeness (QED) is 0.375. The van der Waals surface area contributed by atoms with Gasteiger partial charge in [0.25, 0.3) is 11.6 Å². The number of nitrogens with zero attached hydrogens (tertiary/aromatic N) is 10. The Bertz CT molecular complexity index is 1890. The number of nitrogens with two attached hydrogens (primary N) is 1. The van der Waals surface area contributed by atoms with Crippen LogP contribution in [0.25, 0.3) is 4.85 Å². The number of nitrogen functional groups attached to an aromatic ring is 1. The van der Waals surface area contributed by atoms with Gasteiger partial charge in [0.2, 0.25) is 0 Å². The van der Waals surface area contributed by atoms with Crippen molar-refractivity contribution < 1.29 is 9.53 Å². The highest BCUT2D eigenvalue weighted by Gasteiger charge is 2.52. The molecule has 3 aromatic heterocycles. The van der Waals surface area contributed by atoms with Crippen molar-refractivity contribution in [2.45, 2.75) is 69.0 Å². The van der Waals surface area contributed by atoms with E-state index in [0.717, 1.165) is 63.6 Å². The van der Waals surface area contributed by atoms with Crippen LogP contribution in [0.4, 0.5) is 22.3 Å². The molecule has 3 saturated heterocycles. The van der Waals surface area contributed by atoms with E-state index in [4.69, 9.17) is 38.6 Å². The maximum absolute atomic E-state index is 12.9. The predicted octanol–water partition coefficient (Wildman–Crippen LogP) is 4.22. The van der Waals surface area contributed by atoms with E-state index >= 15 is 0 Å². The number of thiophene rings is 1. The van der Waals surface area contributed by atoms with Crippen LogP contribution in [-0.4, -0.2) is 94.4 Å². The molecule has 48 heavy (non-hydrogen) atoms. The SMILES string of the molecule is [C-]#[N+]c1c(N2CCCn3nc(C(=O)N(C)C)c(Cl)c3C2)nc(OCC23CCCN2CCC3)nc1N1CC2(CCc3sc(N)c(C#N)c32)C1. The van der Waals surface area contributed by atoms with Gasteiger partial charge in [0.15, 0.2) is 5.69 Å². The van der Waals surface area contributed by atoms with E-state index in [1.54, 1.807) is 18.8 Å². The number of ether oxygens (including phenoxy) is 1. The molecule has 2 N–H and O–H groups in total. The van der Waals surface area contributed by atoms with E-state index in [1.807, 2.05) is 4.90 Å². The summed E-state index contributed by atoms with van der Waals surface area (Å²) in [6, 6.07) is 2.61. The first-order chi connectivity index (χ1) is 23.2. The van der Waals surface area contributed by atoms with E-state index in [-0.39, 0.29) is 28.6 Å². The first kappa shape index (κ1) is 31.2.